The summed E-state index contributed by atoms with van der Waals surface area (Å²) in [6, 6.07) is -0.941. The van der Waals surface area contributed by atoms with Crippen molar-refractivity contribution >= 4 is 92.4 Å². The lowest BCUT2D eigenvalue weighted by Crippen LogP contribution is -2.71. The molecule has 7 N–H and O–H groups in total. The minimum absolute atomic E-state index is 0.0851. The summed E-state index contributed by atoms with van der Waals surface area (Å²) in [5.74, 6) is -1.16. The second-order valence-electron chi connectivity index (χ2n) is 8.10. The lowest BCUT2D eigenvalue weighted by Gasteiger charge is -2.49. The van der Waals surface area contributed by atoms with Crippen molar-refractivity contribution in [2.45, 2.75) is 27.0 Å². The molecule has 1 saturated heterocycles. The second kappa shape index (κ2) is 12.5. The fraction of sp³-hybridized carbons (Fsp3) is 0.400. The minimum Gasteiger partial charge on any atom is -0.477 e. The van der Waals surface area contributed by atoms with Crippen LogP contribution in [0.4, 0.5) is 5.13 Å². The highest BCUT2D eigenvalue weighted by atomic mass is 32.2. The molecule has 0 aliphatic carbocycles. The van der Waals surface area contributed by atoms with Crippen LogP contribution in [0.1, 0.15) is 12.6 Å². The smallest absolute Gasteiger partial charge is 0.352 e. The first-order valence-electron chi connectivity index (χ1n) is 11.1. The van der Waals surface area contributed by atoms with E-state index < -0.39 is 29.2 Å². The SMILES string of the molecule is CON=C(C(=O)N[C@@H]1C(=O)N2C(C(=O)O)=C(CSc3nnc(SCC(C)C(=N)N)s3)CS[C@@H]12)c1csc(N)n1. The molecule has 1 unspecified atom stereocenters. The molecule has 2 aromatic rings. The number of aromatic nitrogens is 3. The van der Waals surface area contributed by atoms with Gasteiger partial charge in [0.2, 0.25) is 0 Å². The molecule has 208 valence electrons. The maximum Gasteiger partial charge on any atom is 0.352 e. The summed E-state index contributed by atoms with van der Waals surface area (Å²) in [6.45, 7) is 1.86. The highest BCUT2D eigenvalue weighted by Gasteiger charge is 2.54. The Morgan fingerprint density at radius 2 is 2.10 bits per heavy atom. The number of hydrogen-bond acceptors (Lipinski definition) is 15. The van der Waals surface area contributed by atoms with Crippen molar-refractivity contribution in [2.75, 3.05) is 30.1 Å². The molecule has 0 bridgehead atoms. The molecule has 1 fully saturated rings. The predicted octanol–water partition coefficient (Wildman–Crippen LogP) is 1.12. The number of rotatable bonds is 12. The lowest BCUT2D eigenvalue weighted by molar-refractivity contribution is -0.150. The van der Waals surface area contributed by atoms with E-state index in [9.17, 15) is 19.5 Å². The van der Waals surface area contributed by atoms with Crippen molar-refractivity contribution in [2.24, 2.45) is 16.8 Å². The van der Waals surface area contributed by atoms with Gasteiger partial charge >= 0.3 is 5.97 Å². The number of carbonyl (C=O) groups is 3. The lowest BCUT2D eigenvalue weighted by atomic mass is 10.0. The van der Waals surface area contributed by atoms with Gasteiger partial charge in [0.05, 0.1) is 5.84 Å². The van der Waals surface area contributed by atoms with E-state index in [1.807, 2.05) is 6.92 Å². The number of β-lactam (4-membered cyclic amide) rings is 1. The molecule has 2 amide bonds. The second-order valence-corrected chi connectivity index (χ2v) is 13.6. The molecule has 19 heteroatoms. The number of hydrogen-bond donors (Lipinski definition) is 5. The van der Waals surface area contributed by atoms with Crippen LogP contribution in [0, 0.1) is 11.3 Å². The van der Waals surface area contributed by atoms with Crippen molar-refractivity contribution in [3.8, 4) is 0 Å². The number of amidine groups is 1. The molecule has 4 heterocycles. The molecular formula is C20H23N9O5S5. The van der Waals surface area contributed by atoms with Crippen molar-refractivity contribution < 1.29 is 24.3 Å². The van der Waals surface area contributed by atoms with E-state index in [2.05, 4.69) is 25.7 Å². The van der Waals surface area contributed by atoms with E-state index in [0.717, 1.165) is 15.7 Å². The molecule has 3 atom stereocenters. The molecule has 2 aliphatic heterocycles. The topological polar surface area (TPSA) is 223 Å². The first-order chi connectivity index (χ1) is 18.6. The number of thioether (sulfide) groups is 3. The van der Waals surface area contributed by atoms with Crippen LogP contribution >= 0.6 is 58.0 Å². The number of carboxylic acid groups (broad SMARTS) is 1. The normalized spacial score (nSPS) is 19.8. The van der Waals surface area contributed by atoms with E-state index in [1.165, 1.54) is 58.6 Å². The van der Waals surface area contributed by atoms with Crippen LogP contribution in [0.15, 0.2) is 30.5 Å². The first-order valence-corrected chi connectivity index (χ1v) is 15.8. The van der Waals surface area contributed by atoms with Gasteiger partial charge in [0.15, 0.2) is 19.5 Å². The fourth-order valence-corrected chi connectivity index (χ4v) is 8.57. The molecule has 39 heavy (non-hydrogen) atoms. The maximum atomic E-state index is 13.0. The Bertz CT molecular complexity index is 1360. The van der Waals surface area contributed by atoms with Crippen LogP contribution in [0.25, 0.3) is 0 Å². The quantitative estimate of drug-likeness (QED) is 0.0731. The number of anilines is 1. The third-order valence-corrected chi connectivity index (χ3v) is 11.0. The van der Waals surface area contributed by atoms with Crippen molar-refractivity contribution in [1.29, 1.82) is 5.41 Å². The average Bonchev–Trinajstić information content (AvgIpc) is 3.55. The summed E-state index contributed by atoms with van der Waals surface area (Å²) in [5.41, 5.74) is 11.7. The standard InChI is InChI=1S/C20H23N9O5S5/c1-7(13(21)22)3-37-19-26-27-20(39-19)38-5-8-4-35-16-11(15(31)29(16)12(8)17(32)33)25-14(30)10(28-34-2)9-6-36-18(23)24-9/h6-7,11,16H,3-5H2,1-2H3,(H3,21,22)(H2,23,24)(H,25,30)(H,32,33)/t7?,11-,16+/m1/s1. The molecule has 0 radical (unpaired) electrons. The van der Waals surface area contributed by atoms with Crippen molar-refractivity contribution in [3.63, 3.8) is 0 Å². The van der Waals surface area contributed by atoms with Gasteiger partial charge in [0.1, 0.15) is 29.9 Å². The van der Waals surface area contributed by atoms with Crippen LogP contribution in [0.3, 0.4) is 0 Å². The largest absolute Gasteiger partial charge is 0.477 e. The van der Waals surface area contributed by atoms with Gasteiger partial charge in [0.25, 0.3) is 11.8 Å². The minimum atomic E-state index is -1.22. The monoisotopic (exact) mass is 629 g/mol. The van der Waals surface area contributed by atoms with Gasteiger partial charge in [-0.1, -0.05) is 46.9 Å². The highest BCUT2D eigenvalue weighted by Crippen LogP contribution is 2.42. The van der Waals surface area contributed by atoms with E-state index in [-0.39, 0.29) is 34.0 Å². The fourth-order valence-electron chi connectivity index (χ4n) is 3.44. The maximum absolute atomic E-state index is 13.0. The number of amides is 2. The molecule has 0 aromatic carbocycles. The van der Waals surface area contributed by atoms with E-state index >= 15 is 0 Å². The number of oxime groups is 1. The Balaban J connectivity index is 1.41. The van der Waals surface area contributed by atoms with Gasteiger partial charge in [-0.05, 0) is 5.57 Å². The van der Waals surface area contributed by atoms with Gasteiger partial charge < -0.3 is 26.7 Å². The number of carboxylic acids is 1. The summed E-state index contributed by atoms with van der Waals surface area (Å²) in [5, 5.41) is 33.2. The van der Waals surface area contributed by atoms with Crippen LogP contribution < -0.4 is 16.8 Å². The zero-order valence-electron chi connectivity index (χ0n) is 20.4. The third kappa shape index (κ3) is 6.48. The van der Waals surface area contributed by atoms with Gasteiger partial charge in [-0.25, -0.2) is 9.78 Å². The predicted molar refractivity (Wildman–Crippen MR) is 152 cm³/mol. The van der Waals surface area contributed by atoms with Gasteiger partial charge in [0, 0.05) is 28.6 Å². The van der Waals surface area contributed by atoms with Crippen molar-refractivity contribution in [3.05, 3.63) is 22.3 Å². The summed E-state index contributed by atoms with van der Waals surface area (Å²) in [4.78, 5) is 48.0. The molecule has 2 aliphatic rings. The average molecular weight is 630 g/mol. The zero-order valence-corrected chi connectivity index (χ0v) is 24.5. The number of carbonyl (C=O) groups excluding carboxylic acids is 2. The Morgan fingerprint density at radius 1 is 1.38 bits per heavy atom. The number of nitrogens with one attached hydrogen (secondary N) is 2. The zero-order chi connectivity index (χ0) is 28.3. The number of fused-ring (bicyclic) bond motifs is 1. The van der Waals surface area contributed by atoms with Gasteiger partial charge in [-0.3, -0.25) is 19.9 Å². The van der Waals surface area contributed by atoms with Crippen LogP contribution in [-0.2, 0) is 19.2 Å². The van der Waals surface area contributed by atoms with Gasteiger partial charge in [-0.15, -0.1) is 33.3 Å². The highest BCUT2D eigenvalue weighted by molar-refractivity contribution is 8.03. The van der Waals surface area contributed by atoms with E-state index in [4.69, 9.17) is 21.7 Å². The van der Waals surface area contributed by atoms with Crippen molar-refractivity contribution in [1.82, 2.24) is 25.4 Å². The van der Waals surface area contributed by atoms with Crippen LogP contribution in [0.5, 0.6) is 0 Å². The summed E-state index contributed by atoms with van der Waals surface area (Å²) in [6.07, 6.45) is 0. The molecule has 0 saturated carbocycles. The molecule has 0 spiro atoms. The van der Waals surface area contributed by atoms with Crippen LogP contribution in [-0.4, -0.2) is 90.3 Å². The number of aliphatic carboxylic acids is 1. The van der Waals surface area contributed by atoms with E-state index in [1.54, 1.807) is 5.38 Å². The molecular weight excluding hydrogens is 607 g/mol. The van der Waals surface area contributed by atoms with Gasteiger partial charge in [-0.2, -0.15) is 0 Å². The molecule has 14 nitrogen and oxygen atoms in total. The third-order valence-electron chi connectivity index (χ3n) is 5.44. The summed E-state index contributed by atoms with van der Waals surface area (Å²) >= 11 is 6.63. The number of thiazole rings is 1. The Hall–Kier alpha value is -2.87. The Kier molecular flexibility index (Phi) is 9.36. The number of nitrogens with zero attached hydrogens (tertiary/aromatic N) is 5. The summed E-state index contributed by atoms with van der Waals surface area (Å²) in [7, 11) is 1.27. The Labute approximate surface area is 242 Å². The molecule has 2 aromatic heterocycles. The van der Waals surface area contributed by atoms with E-state index in [0.29, 0.717) is 27.2 Å². The Morgan fingerprint density at radius 3 is 2.72 bits per heavy atom. The molecule has 4 rings (SSSR count). The van der Waals surface area contributed by atoms with Crippen LogP contribution in [0.2, 0.25) is 0 Å². The number of nitrogens with two attached hydrogens (primary N) is 2. The number of nitrogen functional groups attached to an aromatic ring is 1. The summed E-state index contributed by atoms with van der Waals surface area (Å²) < 4.78 is 1.38. The first kappa shape index (κ1) is 29.1.